The molecule has 1 saturated carbocycles. The summed E-state index contributed by atoms with van der Waals surface area (Å²) in [5.74, 6) is 1.16. The Morgan fingerprint density at radius 3 is 2.79 bits per heavy atom. The molecule has 1 amide bonds. The van der Waals surface area contributed by atoms with E-state index in [1.165, 1.54) is 17.8 Å². The molecule has 3 fully saturated rings. The number of aromatic nitrogens is 1. The van der Waals surface area contributed by atoms with Crippen LogP contribution in [0.25, 0.3) is 0 Å². The van der Waals surface area contributed by atoms with E-state index in [4.69, 9.17) is 4.74 Å². The normalized spacial score (nSPS) is 27.3. The van der Waals surface area contributed by atoms with Gasteiger partial charge in [-0.2, -0.15) is 0 Å². The molecule has 5 nitrogen and oxygen atoms in total. The number of nitrogens with zero attached hydrogens (tertiary/aromatic N) is 3. The lowest BCUT2D eigenvalue weighted by Crippen LogP contribution is -2.45. The molecular weight excluding hydrogens is 322 g/mol. The van der Waals surface area contributed by atoms with Gasteiger partial charge in [0.05, 0.1) is 19.1 Å². The third-order valence-corrected chi connectivity index (χ3v) is 6.82. The van der Waals surface area contributed by atoms with E-state index in [0.29, 0.717) is 12.5 Å². The summed E-state index contributed by atoms with van der Waals surface area (Å²) in [6.07, 6.45) is 6.67. The zero-order chi connectivity index (χ0) is 16.6. The molecule has 2 aliphatic heterocycles. The lowest BCUT2D eigenvalue weighted by atomic mass is 9.71. The van der Waals surface area contributed by atoms with Crippen LogP contribution < -0.4 is 0 Å². The van der Waals surface area contributed by atoms with Crippen LogP contribution in [0.5, 0.6) is 0 Å². The van der Waals surface area contributed by atoms with Gasteiger partial charge in [-0.15, -0.1) is 11.3 Å². The number of amides is 1. The second kappa shape index (κ2) is 6.73. The van der Waals surface area contributed by atoms with Gasteiger partial charge in [-0.1, -0.05) is 0 Å². The first-order valence-electron chi connectivity index (χ1n) is 9.09. The number of carbonyl (C=O) groups is 1. The molecule has 0 N–H and O–H groups in total. The quantitative estimate of drug-likeness (QED) is 0.790. The number of rotatable bonds is 6. The average molecular weight is 350 g/mol. The summed E-state index contributed by atoms with van der Waals surface area (Å²) >= 11 is 1.73. The number of likely N-dealkylation sites (tertiary alicyclic amines) is 2. The Balaban J connectivity index is 1.41. The third kappa shape index (κ3) is 3.24. The lowest BCUT2D eigenvalue weighted by Gasteiger charge is -2.41. The van der Waals surface area contributed by atoms with Crippen LogP contribution >= 0.6 is 11.3 Å². The van der Waals surface area contributed by atoms with Crippen LogP contribution in [0.15, 0.2) is 11.6 Å². The van der Waals surface area contributed by atoms with Gasteiger partial charge in [-0.25, -0.2) is 4.98 Å². The van der Waals surface area contributed by atoms with Crippen molar-refractivity contribution >= 4 is 17.2 Å². The molecule has 0 bridgehead atoms. The van der Waals surface area contributed by atoms with Crippen molar-refractivity contribution in [1.82, 2.24) is 14.8 Å². The number of carbonyl (C=O) groups excluding carboxylic acids is 1. The molecular formula is C18H27N3O2S. The topological polar surface area (TPSA) is 45.7 Å². The minimum atomic E-state index is 0.0586. The monoisotopic (exact) mass is 349 g/mol. The molecule has 0 radical (unpaired) electrons. The van der Waals surface area contributed by atoms with Crippen LogP contribution in [0, 0.1) is 17.3 Å². The molecule has 1 aliphatic carbocycles. The van der Waals surface area contributed by atoms with Crippen molar-refractivity contribution in [1.29, 1.82) is 0 Å². The van der Waals surface area contributed by atoms with E-state index in [9.17, 15) is 4.79 Å². The third-order valence-electron chi connectivity index (χ3n) is 6.06. The number of piperidine rings is 1. The summed E-state index contributed by atoms with van der Waals surface area (Å²) in [6.45, 7) is 5.56. The first-order chi connectivity index (χ1) is 11.7. The maximum absolute atomic E-state index is 12.9. The fourth-order valence-electron chi connectivity index (χ4n) is 4.42. The van der Waals surface area contributed by atoms with E-state index in [1.54, 1.807) is 18.4 Å². The fourth-order valence-corrected chi connectivity index (χ4v) is 5.07. The maximum atomic E-state index is 12.9. The van der Waals surface area contributed by atoms with Gasteiger partial charge in [0.2, 0.25) is 5.91 Å². The number of ether oxygens (including phenoxy) is 1. The molecule has 3 heterocycles. The summed E-state index contributed by atoms with van der Waals surface area (Å²) in [7, 11) is 1.72. The molecule has 132 valence electrons. The number of methoxy groups -OCH3 is 1. The average Bonchev–Trinajstić information content (AvgIpc) is 3.19. The Kier molecular flexibility index (Phi) is 4.62. The van der Waals surface area contributed by atoms with Gasteiger partial charge < -0.3 is 9.64 Å². The van der Waals surface area contributed by atoms with E-state index in [2.05, 4.69) is 14.8 Å². The minimum absolute atomic E-state index is 0.0586. The second-order valence-corrected chi connectivity index (χ2v) is 8.71. The zero-order valence-corrected chi connectivity index (χ0v) is 15.3. The minimum Gasteiger partial charge on any atom is -0.384 e. The van der Waals surface area contributed by atoms with Crippen molar-refractivity contribution < 1.29 is 9.53 Å². The van der Waals surface area contributed by atoms with Crippen LogP contribution in [-0.4, -0.2) is 60.6 Å². The summed E-state index contributed by atoms with van der Waals surface area (Å²) < 4.78 is 5.44. The largest absolute Gasteiger partial charge is 0.384 e. The highest BCUT2D eigenvalue weighted by Gasteiger charge is 2.53. The summed E-state index contributed by atoms with van der Waals surface area (Å²) in [6, 6.07) is 0. The SMILES string of the molecule is COC[C@@H]1C(=O)N(CC2CC2)CC12CCN(Cc1nccs1)CC2. The predicted molar refractivity (Wildman–Crippen MR) is 93.7 cm³/mol. The van der Waals surface area contributed by atoms with Crippen molar-refractivity contribution in [3.05, 3.63) is 16.6 Å². The lowest BCUT2D eigenvalue weighted by molar-refractivity contribution is -0.133. The molecule has 1 aromatic heterocycles. The van der Waals surface area contributed by atoms with E-state index in [1.807, 2.05) is 11.6 Å². The fraction of sp³-hybridized carbons (Fsp3) is 0.778. The zero-order valence-electron chi connectivity index (χ0n) is 14.4. The molecule has 3 aliphatic rings. The van der Waals surface area contributed by atoms with E-state index in [0.717, 1.165) is 51.5 Å². The second-order valence-electron chi connectivity index (χ2n) is 7.73. The molecule has 4 rings (SSSR count). The molecule has 1 spiro atoms. The highest BCUT2D eigenvalue weighted by Crippen LogP contribution is 2.47. The number of hydrogen-bond donors (Lipinski definition) is 0. The molecule has 6 heteroatoms. The van der Waals surface area contributed by atoms with Crippen LogP contribution in [0.1, 0.15) is 30.7 Å². The van der Waals surface area contributed by atoms with Gasteiger partial charge in [-0.05, 0) is 44.7 Å². The van der Waals surface area contributed by atoms with Gasteiger partial charge in [0.25, 0.3) is 0 Å². The van der Waals surface area contributed by atoms with Gasteiger partial charge in [-0.3, -0.25) is 9.69 Å². The Morgan fingerprint density at radius 2 is 2.17 bits per heavy atom. The van der Waals surface area contributed by atoms with Crippen molar-refractivity contribution in [3.8, 4) is 0 Å². The highest BCUT2D eigenvalue weighted by atomic mass is 32.1. The highest BCUT2D eigenvalue weighted by molar-refractivity contribution is 7.09. The van der Waals surface area contributed by atoms with Gasteiger partial charge in [0.1, 0.15) is 5.01 Å². The molecule has 0 unspecified atom stereocenters. The molecule has 0 aromatic carbocycles. The van der Waals surface area contributed by atoms with Crippen LogP contribution in [0.4, 0.5) is 0 Å². The molecule has 24 heavy (non-hydrogen) atoms. The first kappa shape index (κ1) is 16.5. The molecule has 1 aromatic rings. The Labute approximate surface area is 148 Å². The van der Waals surface area contributed by atoms with Crippen molar-refractivity contribution in [2.45, 2.75) is 32.2 Å². The summed E-state index contributed by atoms with van der Waals surface area (Å²) in [5.41, 5.74) is 0.126. The van der Waals surface area contributed by atoms with E-state index >= 15 is 0 Å². The molecule has 1 atom stereocenters. The Hall–Kier alpha value is -0.980. The predicted octanol–water partition coefficient (Wildman–Crippen LogP) is 2.24. The smallest absolute Gasteiger partial charge is 0.228 e. The Bertz CT molecular complexity index is 565. The van der Waals surface area contributed by atoms with Crippen LogP contribution in [-0.2, 0) is 16.1 Å². The summed E-state index contributed by atoms with van der Waals surface area (Å²) in [4.78, 5) is 21.9. The Morgan fingerprint density at radius 1 is 1.38 bits per heavy atom. The van der Waals surface area contributed by atoms with Gasteiger partial charge in [0, 0.05) is 37.2 Å². The van der Waals surface area contributed by atoms with Crippen molar-refractivity contribution in [2.75, 3.05) is 39.9 Å². The number of hydrogen-bond acceptors (Lipinski definition) is 5. The van der Waals surface area contributed by atoms with Crippen LogP contribution in [0.3, 0.4) is 0 Å². The number of thiazole rings is 1. The van der Waals surface area contributed by atoms with E-state index in [-0.39, 0.29) is 11.3 Å². The van der Waals surface area contributed by atoms with Gasteiger partial charge >= 0.3 is 0 Å². The van der Waals surface area contributed by atoms with Gasteiger partial charge in [0.15, 0.2) is 0 Å². The first-order valence-corrected chi connectivity index (χ1v) is 9.96. The molecule has 2 saturated heterocycles. The van der Waals surface area contributed by atoms with Crippen LogP contribution in [0.2, 0.25) is 0 Å². The maximum Gasteiger partial charge on any atom is 0.228 e. The standard InChI is InChI=1S/C18H27N3O2S/c1-23-12-15-17(22)21(10-14-2-3-14)13-18(15)4-7-20(8-5-18)11-16-19-6-9-24-16/h6,9,14-15H,2-5,7-8,10-13H2,1H3/t15-/m1/s1. The van der Waals surface area contributed by atoms with Crippen molar-refractivity contribution in [3.63, 3.8) is 0 Å². The van der Waals surface area contributed by atoms with E-state index < -0.39 is 0 Å². The van der Waals surface area contributed by atoms with Crippen molar-refractivity contribution in [2.24, 2.45) is 17.3 Å². The summed E-state index contributed by atoms with van der Waals surface area (Å²) in [5, 5.41) is 3.23.